The number of hydrogen-bond donors (Lipinski definition) is 1. The van der Waals surface area contributed by atoms with Gasteiger partial charge in [-0.3, -0.25) is 4.79 Å². The van der Waals surface area contributed by atoms with Gasteiger partial charge in [0.25, 0.3) is 5.91 Å². The van der Waals surface area contributed by atoms with E-state index in [4.69, 9.17) is 4.52 Å². The number of carbonyl (C=O) groups excluding carboxylic acids is 1. The number of carbonyl (C=O) groups is 1. The van der Waals surface area contributed by atoms with Gasteiger partial charge in [0, 0.05) is 31.1 Å². The molecule has 1 aliphatic carbocycles. The maximum atomic E-state index is 12.4. The molecular weight excluding hydrogens is 354 g/mol. The van der Waals surface area contributed by atoms with E-state index >= 15 is 0 Å². The summed E-state index contributed by atoms with van der Waals surface area (Å²) in [6.07, 6.45) is 5.31. The van der Waals surface area contributed by atoms with Crippen LogP contribution in [0.2, 0.25) is 0 Å². The first-order valence-electron chi connectivity index (χ1n) is 9.66. The highest BCUT2D eigenvalue weighted by molar-refractivity contribution is 7.89. The van der Waals surface area contributed by atoms with Crippen molar-refractivity contribution in [3.8, 4) is 0 Å². The predicted molar refractivity (Wildman–Crippen MR) is 98.4 cm³/mol. The van der Waals surface area contributed by atoms with Crippen molar-refractivity contribution >= 4 is 15.9 Å². The lowest BCUT2D eigenvalue weighted by Crippen LogP contribution is -2.46. The van der Waals surface area contributed by atoms with Gasteiger partial charge in [-0.15, -0.1) is 0 Å². The standard InChI is InChI=1S/C18H29N3O4S/c1-3-4-11-26(23,24)21-9-7-14(8-10-21)13(2)19-18(22)16-12-17(25-20-16)15-5-6-15/h12-15H,3-11H2,1-2H3,(H,19,22)/t13-/m1/s1. The lowest BCUT2D eigenvalue weighted by atomic mass is 9.91. The minimum Gasteiger partial charge on any atom is -0.360 e. The van der Waals surface area contributed by atoms with Gasteiger partial charge in [-0.1, -0.05) is 18.5 Å². The average Bonchev–Trinajstić information content (AvgIpc) is 3.36. The molecule has 0 radical (unpaired) electrons. The highest BCUT2D eigenvalue weighted by atomic mass is 32.2. The first-order valence-corrected chi connectivity index (χ1v) is 11.3. The summed E-state index contributed by atoms with van der Waals surface area (Å²) in [5.74, 6) is 1.52. The Bertz CT molecular complexity index is 719. The number of amides is 1. The smallest absolute Gasteiger partial charge is 0.273 e. The molecule has 1 saturated carbocycles. The highest BCUT2D eigenvalue weighted by Crippen LogP contribution is 2.40. The van der Waals surface area contributed by atoms with Crippen molar-refractivity contribution in [3.05, 3.63) is 17.5 Å². The molecule has 8 heteroatoms. The number of piperidine rings is 1. The topological polar surface area (TPSA) is 92.5 Å². The van der Waals surface area contributed by atoms with Crippen LogP contribution in [0.4, 0.5) is 0 Å². The summed E-state index contributed by atoms with van der Waals surface area (Å²) in [4.78, 5) is 12.4. The van der Waals surface area contributed by atoms with Gasteiger partial charge in [0.05, 0.1) is 5.75 Å². The molecular formula is C18H29N3O4S. The molecule has 0 unspecified atom stereocenters. The molecule has 1 N–H and O–H groups in total. The minimum atomic E-state index is -3.14. The van der Waals surface area contributed by atoms with E-state index < -0.39 is 10.0 Å². The molecule has 1 atom stereocenters. The maximum absolute atomic E-state index is 12.4. The molecule has 2 aliphatic rings. The number of aromatic nitrogens is 1. The average molecular weight is 384 g/mol. The fourth-order valence-corrected chi connectivity index (χ4v) is 5.14. The maximum Gasteiger partial charge on any atom is 0.273 e. The lowest BCUT2D eigenvalue weighted by Gasteiger charge is -2.34. The fourth-order valence-electron chi connectivity index (χ4n) is 3.46. The quantitative estimate of drug-likeness (QED) is 0.744. The van der Waals surface area contributed by atoms with Crippen LogP contribution in [0, 0.1) is 5.92 Å². The molecule has 2 heterocycles. The molecule has 3 rings (SSSR count). The first kappa shape index (κ1) is 19.4. The second-order valence-electron chi connectivity index (χ2n) is 7.56. The summed E-state index contributed by atoms with van der Waals surface area (Å²) in [6, 6.07) is 1.71. The van der Waals surface area contributed by atoms with Gasteiger partial charge in [-0.2, -0.15) is 0 Å². The van der Waals surface area contributed by atoms with E-state index in [2.05, 4.69) is 10.5 Å². The number of sulfonamides is 1. The summed E-state index contributed by atoms with van der Waals surface area (Å²) >= 11 is 0. The molecule has 1 aromatic rings. The molecule has 2 fully saturated rings. The van der Waals surface area contributed by atoms with Crippen LogP contribution in [0.5, 0.6) is 0 Å². The Morgan fingerprint density at radius 2 is 2.04 bits per heavy atom. The van der Waals surface area contributed by atoms with Crippen LogP contribution in [0.15, 0.2) is 10.6 Å². The third-order valence-corrected chi connectivity index (χ3v) is 7.41. The van der Waals surface area contributed by atoms with E-state index in [0.29, 0.717) is 31.1 Å². The summed E-state index contributed by atoms with van der Waals surface area (Å²) < 4.78 is 31.4. The first-order chi connectivity index (χ1) is 12.4. The van der Waals surface area contributed by atoms with Crippen LogP contribution in [0.25, 0.3) is 0 Å². The number of nitrogens with zero attached hydrogens (tertiary/aromatic N) is 2. The van der Waals surface area contributed by atoms with Gasteiger partial charge in [0.2, 0.25) is 10.0 Å². The van der Waals surface area contributed by atoms with Crippen molar-refractivity contribution in [1.82, 2.24) is 14.8 Å². The van der Waals surface area contributed by atoms with E-state index in [0.717, 1.165) is 37.9 Å². The summed E-state index contributed by atoms with van der Waals surface area (Å²) in [7, 11) is -3.14. The largest absolute Gasteiger partial charge is 0.360 e. The number of nitrogens with one attached hydrogen (secondary N) is 1. The molecule has 26 heavy (non-hydrogen) atoms. The van der Waals surface area contributed by atoms with Crippen LogP contribution in [-0.2, 0) is 10.0 Å². The highest BCUT2D eigenvalue weighted by Gasteiger charge is 2.32. The SMILES string of the molecule is CCCCS(=O)(=O)N1CCC([C@@H](C)NC(=O)c2cc(C3CC3)on2)CC1. The van der Waals surface area contributed by atoms with Gasteiger partial charge < -0.3 is 9.84 Å². The predicted octanol–water partition coefficient (Wildman–Crippen LogP) is 2.51. The van der Waals surface area contributed by atoms with Gasteiger partial charge in [0.1, 0.15) is 5.76 Å². The van der Waals surface area contributed by atoms with Crippen molar-refractivity contribution in [1.29, 1.82) is 0 Å². The zero-order chi connectivity index (χ0) is 18.7. The normalized spacial score (nSPS) is 20.8. The molecule has 0 aromatic carbocycles. The molecule has 146 valence electrons. The molecule has 1 amide bonds. The third kappa shape index (κ3) is 4.65. The zero-order valence-electron chi connectivity index (χ0n) is 15.6. The van der Waals surface area contributed by atoms with E-state index in [9.17, 15) is 13.2 Å². The molecule has 0 spiro atoms. The van der Waals surface area contributed by atoms with Crippen molar-refractivity contribution in [2.24, 2.45) is 5.92 Å². The van der Waals surface area contributed by atoms with E-state index in [-0.39, 0.29) is 23.6 Å². The second-order valence-corrected chi connectivity index (χ2v) is 9.65. The summed E-state index contributed by atoms with van der Waals surface area (Å²) in [5, 5.41) is 6.87. The van der Waals surface area contributed by atoms with Crippen molar-refractivity contribution in [2.45, 2.75) is 64.3 Å². The van der Waals surface area contributed by atoms with Crippen LogP contribution < -0.4 is 5.32 Å². The molecule has 1 saturated heterocycles. The van der Waals surface area contributed by atoms with Crippen molar-refractivity contribution in [2.75, 3.05) is 18.8 Å². The Morgan fingerprint density at radius 3 is 2.65 bits per heavy atom. The molecule has 1 aliphatic heterocycles. The van der Waals surface area contributed by atoms with Gasteiger partial charge in [-0.25, -0.2) is 12.7 Å². The summed E-state index contributed by atoms with van der Waals surface area (Å²) in [5.41, 5.74) is 0.332. The lowest BCUT2D eigenvalue weighted by molar-refractivity contribution is 0.0905. The van der Waals surface area contributed by atoms with Gasteiger partial charge in [0.15, 0.2) is 5.69 Å². The third-order valence-electron chi connectivity index (χ3n) is 5.45. The monoisotopic (exact) mass is 383 g/mol. The van der Waals surface area contributed by atoms with Gasteiger partial charge in [-0.05, 0) is 44.9 Å². The Hall–Kier alpha value is -1.41. The molecule has 7 nitrogen and oxygen atoms in total. The molecule has 1 aromatic heterocycles. The van der Waals surface area contributed by atoms with Crippen LogP contribution in [0.1, 0.15) is 74.5 Å². The number of rotatable bonds is 8. The van der Waals surface area contributed by atoms with Gasteiger partial charge >= 0.3 is 0 Å². The Labute approximate surface area is 155 Å². The Balaban J connectivity index is 1.48. The van der Waals surface area contributed by atoms with Crippen molar-refractivity contribution in [3.63, 3.8) is 0 Å². The Kier molecular flexibility index (Phi) is 6.02. The van der Waals surface area contributed by atoms with E-state index in [1.165, 1.54) is 0 Å². The zero-order valence-corrected chi connectivity index (χ0v) is 16.4. The van der Waals surface area contributed by atoms with E-state index in [1.807, 2.05) is 13.8 Å². The van der Waals surface area contributed by atoms with E-state index in [1.54, 1.807) is 10.4 Å². The van der Waals surface area contributed by atoms with Crippen LogP contribution >= 0.6 is 0 Å². The number of unbranched alkanes of at least 4 members (excludes halogenated alkanes) is 1. The molecule has 0 bridgehead atoms. The van der Waals surface area contributed by atoms with Crippen LogP contribution in [-0.4, -0.2) is 48.7 Å². The fraction of sp³-hybridized carbons (Fsp3) is 0.778. The number of hydrogen-bond acceptors (Lipinski definition) is 5. The minimum absolute atomic E-state index is 0.0240. The Morgan fingerprint density at radius 1 is 1.35 bits per heavy atom. The summed E-state index contributed by atoms with van der Waals surface area (Å²) in [6.45, 7) is 5.04. The van der Waals surface area contributed by atoms with Crippen molar-refractivity contribution < 1.29 is 17.7 Å². The van der Waals surface area contributed by atoms with Crippen LogP contribution in [0.3, 0.4) is 0 Å². The second kappa shape index (κ2) is 8.08.